The largest absolute Gasteiger partial charge is 0.233 e. The van der Waals surface area contributed by atoms with E-state index >= 15 is 0 Å². The van der Waals surface area contributed by atoms with Gasteiger partial charge in [-0.15, -0.1) is 0 Å². The lowest BCUT2D eigenvalue weighted by atomic mass is 10.1. The molecule has 0 atom stereocenters. The van der Waals surface area contributed by atoms with E-state index in [-0.39, 0.29) is 0 Å². The highest BCUT2D eigenvalue weighted by Crippen LogP contribution is 2.30. The molecule has 3 nitrogen and oxygen atoms in total. The van der Waals surface area contributed by atoms with Gasteiger partial charge < -0.3 is 0 Å². The van der Waals surface area contributed by atoms with Gasteiger partial charge in [0, 0.05) is 16.3 Å². The third-order valence-electron chi connectivity index (χ3n) is 2.96. The molecule has 3 aromatic rings. The van der Waals surface area contributed by atoms with Crippen LogP contribution in [0, 0.1) is 13.8 Å². The molecule has 0 unspecified atom stereocenters. The van der Waals surface area contributed by atoms with Gasteiger partial charge in [-0.3, -0.25) is 0 Å². The highest BCUT2D eigenvalue weighted by atomic mass is 35.5. The molecule has 0 radical (unpaired) electrons. The lowest BCUT2D eigenvalue weighted by Gasteiger charge is -2.02. The maximum atomic E-state index is 6.20. The van der Waals surface area contributed by atoms with Crippen molar-refractivity contribution in [3.63, 3.8) is 0 Å². The maximum Gasteiger partial charge on any atom is 0.165 e. The molecule has 0 spiro atoms. The van der Waals surface area contributed by atoms with Gasteiger partial charge in [0.2, 0.25) is 0 Å². The lowest BCUT2D eigenvalue weighted by molar-refractivity contribution is 0.910. The van der Waals surface area contributed by atoms with Gasteiger partial charge in [-0.1, -0.05) is 35.3 Å². The summed E-state index contributed by atoms with van der Waals surface area (Å²) in [7, 11) is 0. The molecule has 19 heavy (non-hydrogen) atoms. The molecular weight excluding hydrogens is 281 g/mol. The normalized spacial score (nSPS) is 11.2. The van der Waals surface area contributed by atoms with Gasteiger partial charge >= 0.3 is 0 Å². The monoisotopic (exact) mass is 291 g/mol. The molecule has 2 heterocycles. The Morgan fingerprint density at radius 2 is 1.89 bits per heavy atom. The summed E-state index contributed by atoms with van der Waals surface area (Å²) in [6, 6.07) is 9.45. The summed E-state index contributed by atoms with van der Waals surface area (Å²) in [6.45, 7) is 3.85. The Hall–Kier alpha value is -1.58. The first-order chi connectivity index (χ1) is 9.06. The van der Waals surface area contributed by atoms with Gasteiger partial charge in [0.1, 0.15) is 5.15 Å². The molecule has 0 N–H and O–H groups in total. The van der Waals surface area contributed by atoms with Crippen LogP contribution in [-0.2, 0) is 0 Å². The molecule has 0 fully saturated rings. The van der Waals surface area contributed by atoms with Crippen LogP contribution in [0.1, 0.15) is 11.4 Å². The minimum absolute atomic E-state index is 0.555. The minimum atomic E-state index is 0.555. The third kappa shape index (κ3) is 2.09. The van der Waals surface area contributed by atoms with E-state index in [0.717, 1.165) is 28.2 Å². The molecule has 0 bridgehead atoms. The average Bonchev–Trinajstić information content (AvgIpc) is 2.66. The summed E-state index contributed by atoms with van der Waals surface area (Å²) in [6.07, 6.45) is 0. The number of aromatic nitrogens is 3. The smallest absolute Gasteiger partial charge is 0.165 e. The molecule has 0 saturated carbocycles. The fourth-order valence-electron chi connectivity index (χ4n) is 2.18. The zero-order valence-corrected chi connectivity index (χ0v) is 12.0. The van der Waals surface area contributed by atoms with Crippen LogP contribution in [-0.4, -0.2) is 14.6 Å². The number of benzene rings is 1. The lowest BCUT2D eigenvalue weighted by Crippen LogP contribution is -1.94. The van der Waals surface area contributed by atoms with Crippen molar-refractivity contribution in [2.45, 2.75) is 13.8 Å². The van der Waals surface area contributed by atoms with Crippen molar-refractivity contribution in [1.82, 2.24) is 14.6 Å². The SMILES string of the molecule is Cc1cc(Cl)n2nc(C)c(-c3cccc(Cl)c3)c2n1. The van der Waals surface area contributed by atoms with Gasteiger partial charge in [-0.25, -0.2) is 9.50 Å². The van der Waals surface area contributed by atoms with Crippen LogP contribution in [0.4, 0.5) is 0 Å². The topological polar surface area (TPSA) is 30.2 Å². The maximum absolute atomic E-state index is 6.20. The van der Waals surface area contributed by atoms with Gasteiger partial charge in [0.25, 0.3) is 0 Å². The van der Waals surface area contributed by atoms with Gasteiger partial charge in [0.15, 0.2) is 5.65 Å². The number of halogens is 2. The van der Waals surface area contributed by atoms with Gasteiger partial charge in [-0.05, 0) is 37.6 Å². The second-order valence-corrected chi connectivity index (χ2v) is 5.25. The summed E-state index contributed by atoms with van der Waals surface area (Å²) in [5, 5.41) is 5.68. The number of hydrogen-bond donors (Lipinski definition) is 0. The van der Waals surface area contributed by atoms with Crippen LogP contribution in [0.15, 0.2) is 30.3 Å². The van der Waals surface area contributed by atoms with Crippen LogP contribution in [0.5, 0.6) is 0 Å². The molecule has 96 valence electrons. The molecule has 5 heteroatoms. The van der Waals surface area contributed by atoms with Crippen molar-refractivity contribution < 1.29 is 0 Å². The first kappa shape index (κ1) is 12.5. The Morgan fingerprint density at radius 1 is 1.11 bits per heavy atom. The Morgan fingerprint density at radius 3 is 2.63 bits per heavy atom. The Labute approximate surface area is 120 Å². The first-order valence-electron chi connectivity index (χ1n) is 5.84. The van der Waals surface area contributed by atoms with Crippen molar-refractivity contribution in [1.29, 1.82) is 0 Å². The molecule has 2 aromatic heterocycles. The van der Waals surface area contributed by atoms with E-state index in [1.54, 1.807) is 10.6 Å². The van der Waals surface area contributed by atoms with E-state index in [0.29, 0.717) is 10.2 Å². The summed E-state index contributed by atoms with van der Waals surface area (Å²) in [5.74, 6) is 0. The van der Waals surface area contributed by atoms with Gasteiger partial charge in [0.05, 0.1) is 5.69 Å². The van der Waals surface area contributed by atoms with E-state index in [2.05, 4.69) is 10.1 Å². The number of nitrogens with zero attached hydrogens (tertiary/aromatic N) is 3. The molecule has 1 aromatic carbocycles. The summed E-state index contributed by atoms with van der Waals surface area (Å²) < 4.78 is 1.65. The molecule has 3 rings (SSSR count). The van der Waals surface area contributed by atoms with Gasteiger partial charge in [-0.2, -0.15) is 5.10 Å². The minimum Gasteiger partial charge on any atom is -0.233 e. The average molecular weight is 292 g/mol. The first-order valence-corrected chi connectivity index (χ1v) is 6.60. The van der Waals surface area contributed by atoms with Crippen molar-refractivity contribution in [2.75, 3.05) is 0 Å². The van der Waals surface area contributed by atoms with Crippen molar-refractivity contribution in [2.24, 2.45) is 0 Å². The summed E-state index contributed by atoms with van der Waals surface area (Å²) in [5.41, 5.74) is 4.45. The van der Waals surface area contributed by atoms with Crippen LogP contribution in [0.25, 0.3) is 16.8 Å². The van der Waals surface area contributed by atoms with Crippen molar-refractivity contribution >= 4 is 28.8 Å². The molecule has 0 aliphatic rings. The Kier molecular flexibility index (Phi) is 2.96. The fourth-order valence-corrected chi connectivity index (χ4v) is 2.65. The van der Waals surface area contributed by atoms with E-state index in [1.807, 2.05) is 38.1 Å². The summed E-state index contributed by atoms with van der Waals surface area (Å²) in [4.78, 5) is 4.54. The molecule has 0 aliphatic carbocycles. The molecule has 0 aliphatic heterocycles. The van der Waals surface area contributed by atoms with E-state index in [9.17, 15) is 0 Å². The standard InChI is InChI=1S/C14H11Cl2N3/c1-8-6-12(16)19-14(17-8)13(9(2)18-19)10-4-3-5-11(15)7-10/h3-7H,1-2H3. The van der Waals surface area contributed by atoms with E-state index in [1.165, 1.54) is 0 Å². The number of rotatable bonds is 1. The van der Waals surface area contributed by atoms with Crippen LogP contribution in [0.2, 0.25) is 10.2 Å². The predicted octanol–water partition coefficient (Wildman–Crippen LogP) is 4.32. The zero-order valence-electron chi connectivity index (χ0n) is 10.5. The fraction of sp³-hybridized carbons (Fsp3) is 0.143. The molecular formula is C14H11Cl2N3. The van der Waals surface area contributed by atoms with Crippen molar-refractivity contribution in [3.05, 3.63) is 51.9 Å². The summed E-state index contributed by atoms with van der Waals surface area (Å²) >= 11 is 12.3. The number of hydrogen-bond acceptors (Lipinski definition) is 2. The second kappa shape index (κ2) is 4.51. The second-order valence-electron chi connectivity index (χ2n) is 4.43. The molecule has 0 amide bonds. The number of aryl methyl sites for hydroxylation is 2. The van der Waals surface area contributed by atoms with Crippen LogP contribution in [0.3, 0.4) is 0 Å². The number of fused-ring (bicyclic) bond motifs is 1. The third-order valence-corrected chi connectivity index (χ3v) is 3.47. The Bertz CT molecular complexity index is 778. The Balaban J connectivity index is 2.38. The van der Waals surface area contributed by atoms with Crippen LogP contribution >= 0.6 is 23.2 Å². The highest BCUT2D eigenvalue weighted by molar-refractivity contribution is 6.31. The van der Waals surface area contributed by atoms with Crippen molar-refractivity contribution in [3.8, 4) is 11.1 Å². The quantitative estimate of drug-likeness (QED) is 0.625. The predicted molar refractivity (Wildman–Crippen MR) is 77.9 cm³/mol. The zero-order chi connectivity index (χ0) is 13.6. The van der Waals surface area contributed by atoms with E-state index in [4.69, 9.17) is 23.2 Å². The van der Waals surface area contributed by atoms with Crippen LogP contribution < -0.4 is 0 Å². The van der Waals surface area contributed by atoms with E-state index < -0.39 is 0 Å². The highest BCUT2D eigenvalue weighted by Gasteiger charge is 2.15. The molecule has 0 saturated heterocycles.